The summed E-state index contributed by atoms with van der Waals surface area (Å²) in [5.41, 5.74) is 2.99. The van der Waals surface area contributed by atoms with Gasteiger partial charge in [-0.2, -0.15) is 0 Å². The van der Waals surface area contributed by atoms with E-state index in [1.165, 1.54) is 21.5 Å². The fourth-order valence-corrected chi connectivity index (χ4v) is 6.40. The molecule has 0 bridgehead atoms. The molecule has 0 N–H and O–H groups in total. The van der Waals surface area contributed by atoms with Crippen LogP contribution in [0, 0.1) is 6.92 Å². The van der Waals surface area contributed by atoms with Crippen LogP contribution in [-0.2, 0) is 4.74 Å². The molecule has 0 saturated heterocycles. The van der Waals surface area contributed by atoms with Crippen molar-refractivity contribution < 1.29 is 4.74 Å². The molecule has 4 aromatic rings. The van der Waals surface area contributed by atoms with Crippen LogP contribution < -0.4 is 15.9 Å². The molecule has 1 aliphatic rings. The molecular weight excluding hydrogens is 399 g/mol. The predicted molar refractivity (Wildman–Crippen MR) is 129 cm³/mol. The largest absolute Gasteiger partial charge is 0.474 e. The summed E-state index contributed by atoms with van der Waals surface area (Å²) in [6, 6.07) is 36.1. The first-order valence-electron chi connectivity index (χ1n) is 10.4. The summed E-state index contributed by atoms with van der Waals surface area (Å²) in [4.78, 5) is 9.53. The summed E-state index contributed by atoms with van der Waals surface area (Å²) in [5.74, 6) is 0.632. The Hall–Kier alpha value is -3.29. The van der Waals surface area contributed by atoms with Gasteiger partial charge in [-0.3, -0.25) is 0 Å². The van der Waals surface area contributed by atoms with E-state index in [1.54, 1.807) is 0 Å². The molecule has 3 nitrogen and oxygen atoms in total. The molecule has 0 fully saturated rings. The molecule has 0 unspecified atom stereocenters. The summed E-state index contributed by atoms with van der Waals surface area (Å²) in [7, 11) is -0.697. The molecule has 0 amide bonds. The van der Waals surface area contributed by atoms with Crippen molar-refractivity contribution in [3.8, 4) is 0 Å². The zero-order valence-electron chi connectivity index (χ0n) is 17.3. The average molecular weight is 422 g/mol. The molecular formula is C27H23N2OP. The fraction of sp³-hybridized carbons (Fsp3) is 0.111. The fourth-order valence-electron chi connectivity index (χ4n) is 3.89. The van der Waals surface area contributed by atoms with E-state index in [-0.39, 0.29) is 6.04 Å². The highest BCUT2D eigenvalue weighted by Gasteiger charge is 2.28. The number of aromatic nitrogens is 1. The Kier molecular flexibility index (Phi) is 5.60. The van der Waals surface area contributed by atoms with Gasteiger partial charge in [0.05, 0.1) is 0 Å². The highest BCUT2D eigenvalue weighted by atomic mass is 31.1. The Morgan fingerprint density at radius 3 is 2.06 bits per heavy atom. The lowest BCUT2D eigenvalue weighted by molar-refractivity contribution is 0.319. The summed E-state index contributed by atoms with van der Waals surface area (Å²) in [5, 5.41) is 3.99. The molecule has 0 aliphatic carbocycles. The van der Waals surface area contributed by atoms with Gasteiger partial charge in [-0.05, 0) is 48.5 Å². The molecule has 1 aromatic heterocycles. The van der Waals surface area contributed by atoms with Gasteiger partial charge in [0.2, 0.25) is 5.90 Å². The summed E-state index contributed by atoms with van der Waals surface area (Å²) < 4.78 is 6.00. The van der Waals surface area contributed by atoms with E-state index in [4.69, 9.17) is 9.73 Å². The molecule has 5 rings (SSSR count). The van der Waals surface area contributed by atoms with E-state index >= 15 is 0 Å². The molecule has 0 radical (unpaired) electrons. The number of rotatable bonds is 5. The monoisotopic (exact) mass is 422 g/mol. The second-order valence-electron chi connectivity index (χ2n) is 7.49. The topological polar surface area (TPSA) is 34.5 Å². The van der Waals surface area contributed by atoms with Gasteiger partial charge in [-0.15, -0.1) is 0 Å². The van der Waals surface area contributed by atoms with Gasteiger partial charge < -0.3 is 4.74 Å². The lowest BCUT2D eigenvalue weighted by Gasteiger charge is -2.23. The third-order valence-corrected chi connectivity index (χ3v) is 7.84. The van der Waals surface area contributed by atoms with Crippen LogP contribution in [0.4, 0.5) is 0 Å². The van der Waals surface area contributed by atoms with Crippen molar-refractivity contribution in [1.29, 1.82) is 0 Å². The molecule has 31 heavy (non-hydrogen) atoms. The van der Waals surface area contributed by atoms with Crippen LogP contribution in [0.1, 0.15) is 23.0 Å². The molecule has 152 valence electrons. The highest BCUT2D eigenvalue weighted by Crippen LogP contribution is 2.37. The minimum Gasteiger partial charge on any atom is -0.474 e. The average Bonchev–Trinajstić information content (AvgIpc) is 3.31. The second kappa shape index (κ2) is 8.83. The molecule has 1 aliphatic heterocycles. The van der Waals surface area contributed by atoms with Gasteiger partial charge in [-0.25, -0.2) is 9.98 Å². The van der Waals surface area contributed by atoms with Gasteiger partial charge in [0.15, 0.2) is 0 Å². The van der Waals surface area contributed by atoms with Crippen LogP contribution in [0.3, 0.4) is 0 Å². The molecule has 0 spiro atoms. The first kappa shape index (κ1) is 19.7. The maximum atomic E-state index is 6.00. The number of pyridine rings is 1. The van der Waals surface area contributed by atoms with E-state index < -0.39 is 7.92 Å². The minimum absolute atomic E-state index is 0.0362. The van der Waals surface area contributed by atoms with Gasteiger partial charge in [0.1, 0.15) is 18.3 Å². The Morgan fingerprint density at radius 2 is 1.39 bits per heavy atom. The van der Waals surface area contributed by atoms with E-state index in [0.717, 1.165) is 11.4 Å². The van der Waals surface area contributed by atoms with Crippen LogP contribution in [0.2, 0.25) is 0 Å². The number of benzene rings is 3. The van der Waals surface area contributed by atoms with Crippen molar-refractivity contribution in [2.24, 2.45) is 4.99 Å². The predicted octanol–water partition coefficient (Wildman–Crippen LogP) is 4.67. The Morgan fingerprint density at radius 1 is 0.742 bits per heavy atom. The van der Waals surface area contributed by atoms with Crippen molar-refractivity contribution in [3.05, 3.63) is 120 Å². The lowest BCUT2D eigenvalue weighted by Crippen LogP contribution is -2.24. The SMILES string of the molecule is Cc1cccc(C2=N[C@@H](c3ccccc3P(c3ccccc3)c3ccccc3)CO2)n1. The third-order valence-electron chi connectivity index (χ3n) is 5.32. The summed E-state index contributed by atoms with van der Waals surface area (Å²) >= 11 is 0. The van der Waals surface area contributed by atoms with Crippen LogP contribution in [-0.4, -0.2) is 17.5 Å². The number of aryl methyl sites for hydroxylation is 1. The van der Waals surface area contributed by atoms with Crippen LogP contribution >= 0.6 is 7.92 Å². The van der Waals surface area contributed by atoms with Crippen LogP contribution in [0.25, 0.3) is 0 Å². The van der Waals surface area contributed by atoms with Crippen LogP contribution in [0.15, 0.2) is 108 Å². The maximum absolute atomic E-state index is 6.00. The quantitative estimate of drug-likeness (QED) is 0.438. The van der Waals surface area contributed by atoms with Gasteiger partial charge in [0.25, 0.3) is 0 Å². The van der Waals surface area contributed by atoms with Crippen molar-refractivity contribution in [1.82, 2.24) is 4.98 Å². The first-order valence-corrected chi connectivity index (χ1v) is 11.8. The van der Waals surface area contributed by atoms with Crippen molar-refractivity contribution in [3.63, 3.8) is 0 Å². The van der Waals surface area contributed by atoms with E-state index in [2.05, 4.69) is 89.9 Å². The Bertz CT molecular complexity index is 1170. The standard InChI is InChI=1S/C27H23N2OP/c1-20-11-10-17-24(28-20)27-29-25(19-30-27)23-16-8-9-18-26(23)31(21-12-4-2-5-13-21)22-14-6-3-7-15-22/h2-18,25H,19H2,1H3/t25-/m1/s1. The van der Waals surface area contributed by atoms with Crippen molar-refractivity contribution in [2.75, 3.05) is 6.61 Å². The summed E-state index contributed by atoms with van der Waals surface area (Å²) in [6.07, 6.45) is 0. The third kappa shape index (κ3) is 4.15. The molecule has 0 saturated carbocycles. The van der Waals surface area contributed by atoms with Gasteiger partial charge in [-0.1, -0.05) is 91.0 Å². The number of nitrogens with zero attached hydrogens (tertiary/aromatic N) is 2. The number of hydrogen-bond donors (Lipinski definition) is 0. The van der Waals surface area contributed by atoms with E-state index in [0.29, 0.717) is 12.5 Å². The molecule has 3 aromatic carbocycles. The van der Waals surface area contributed by atoms with Crippen molar-refractivity contribution in [2.45, 2.75) is 13.0 Å². The molecule has 2 heterocycles. The smallest absolute Gasteiger partial charge is 0.236 e. The highest BCUT2D eigenvalue weighted by molar-refractivity contribution is 7.79. The van der Waals surface area contributed by atoms with E-state index in [1.807, 2.05) is 25.1 Å². The van der Waals surface area contributed by atoms with Gasteiger partial charge in [0, 0.05) is 5.69 Å². The Balaban J connectivity index is 1.58. The van der Waals surface area contributed by atoms with Crippen molar-refractivity contribution >= 4 is 29.7 Å². The first-order chi connectivity index (χ1) is 15.3. The second-order valence-corrected chi connectivity index (χ2v) is 9.68. The molecule has 4 heteroatoms. The maximum Gasteiger partial charge on any atom is 0.236 e. The number of aliphatic imine (C=N–C) groups is 1. The molecule has 1 atom stereocenters. The minimum atomic E-state index is -0.697. The number of hydrogen-bond acceptors (Lipinski definition) is 3. The normalized spacial score (nSPS) is 15.5. The summed E-state index contributed by atoms with van der Waals surface area (Å²) in [6.45, 7) is 2.52. The van der Waals surface area contributed by atoms with E-state index in [9.17, 15) is 0 Å². The number of ether oxygens (including phenoxy) is 1. The van der Waals surface area contributed by atoms with Gasteiger partial charge >= 0.3 is 0 Å². The zero-order valence-corrected chi connectivity index (χ0v) is 18.2. The lowest BCUT2D eigenvalue weighted by atomic mass is 10.1. The van der Waals surface area contributed by atoms with Crippen LogP contribution in [0.5, 0.6) is 0 Å². The Labute approximate surface area is 184 Å². The zero-order chi connectivity index (χ0) is 21.0.